The van der Waals surface area contributed by atoms with E-state index in [4.69, 9.17) is 11.6 Å². The molecule has 1 aromatic rings. The molecule has 0 radical (unpaired) electrons. The Kier molecular flexibility index (Phi) is 3.03. The summed E-state index contributed by atoms with van der Waals surface area (Å²) in [6.45, 7) is 2.02. The number of benzene rings is 1. The molecule has 3 aliphatic rings. The Balaban J connectivity index is 1.68. The summed E-state index contributed by atoms with van der Waals surface area (Å²) in [7, 11) is 2.12. The Bertz CT molecular complexity index is 587. The van der Waals surface area contributed by atoms with Crippen LogP contribution in [-0.2, 0) is 4.79 Å². The number of likely N-dealkylation sites (tertiary alicyclic amines) is 1. The Morgan fingerprint density at radius 3 is 2.81 bits per heavy atom. The average Bonchev–Trinajstić information content (AvgIpc) is 3.03. The predicted molar refractivity (Wildman–Crippen MR) is 82.0 cm³/mol. The van der Waals surface area contributed by atoms with E-state index in [9.17, 15) is 4.79 Å². The Labute approximate surface area is 130 Å². The van der Waals surface area contributed by atoms with Gasteiger partial charge in [-0.2, -0.15) is 0 Å². The van der Waals surface area contributed by atoms with Crippen LogP contribution in [0.4, 0.5) is 0 Å². The van der Waals surface area contributed by atoms with Gasteiger partial charge in [0.2, 0.25) is 5.91 Å². The topological polar surface area (TPSA) is 35.6 Å². The highest BCUT2D eigenvalue weighted by Crippen LogP contribution is 2.47. The van der Waals surface area contributed by atoms with Crippen molar-refractivity contribution in [2.75, 3.05) is 20.1 Å². The van der Waals surface area contributed by atoms with E-state index in [0.29, 0.717) is 6.04 Å². The van der Waals surface area contributed by atoms with E-state index >= 15 is 0 Å². The van der Waals surface area contributed by atoms with Crippen LogP contribution < -0.4 is 5.32 Å². The second kappa shape index (κ2) is 4.70. The number of halogens is 1. The van der Waals surface area contributed by atoms with E-state index in [-0.39, 0.29) is 17.6 Å². The van der Waals surface area contributed by atoms with Gasteiger partial charge >= 0.3 is 0 Å². The van der Waals surface area contributed by atoms with Crippen molar-refractivity contribution in [3.8, 4) is 0 Å². The highest BCUT2D eigenvalue weighted by molar-refractivity contribution is 6.30. The van der Waals surface area contributed by atoms with Crippen molar-refractivity contribution in [2.24, 2.45) is 0 Å². The van der Waals surface area contributed by atoms with Gasteiger partial charge in [0.15, 0.2) is 0 Å². The molecule has 112 valence electrons. The van der Waals surface area contributed by atoms with Gasteiger partial charge in [-0.25, -0.2) is 0 Å². The maximum atomic E-state index is 12.9. The number of hydrogen-bond acceptors (Lipinski definition) is 3. The minimum Gasteiger partial charge on any atom is -0.317 e. The van der Waals surface area contributed by atoms with Crippen LogP contribution in [0.15, 0.2) is 24.3 Å². The smallest absolute Gasteiger partial charge is 0.244 e. The maximum Gasteiger partial charge on any atom is 0.244 e. The minimum atomic E-state index is -0.284. The first-order chi connectivity index (χ1) is 10.1. The van der Waals surface area contributed by atoms with Gasteiger partial charge in [0, 0.05) is 17.6 Å². The molecule has 4 rings (SSSR count). The summed E-state index contributed by atoms with van der Waals surface area (Å²) in [5.41, 5.74) is 0.808. The lowest BCUT2D eigenvalue weighted by molar-refractivity contribution is -0.132. The number of carbonyl (C=O) groups excluding carboxylic acids is 1. The summed E-state index contributed by atoms with van der Waals surface area (Å²) < 4.78 is 0. The van der Waals surface area contributed by atoms with Crippen LogP contribution in [0.25, 0.3) is 0 Å². The highest BCUT2D eigenvalue weighted by atomic mass is 35.5. The standard InChI is InChI=1S/C16H20ClN3O/c1-19-8-5-13(10-19)20-14(11-3-2-4-12(17)9-11)18-16(6-7-16)15(20)21/h2-4,9,13-14,18H,5-8,10H2,1H3. The third kappa shape index (κ3) is 2.17. The zero-order valence-electron chi connectivity index (χ0n) is 12.2. The van der Waals surface area contributed by atoms with Crippen LogP contribution >= 0.6 is 11.6 Å². The number of nitrogens with zero attached hydrogens (tertiary/aromatic N) is 2. The second-order valence-electron chi connectivity index (χ2n) is 6.60. The van der Waals surface area contributed by atoms with Gasteiger partial charge in [0.05, 0.1) is 0 Å². The predicted octanol–water partition coefficient (Wildman–Crippen LogP) is 2.01. The number of amides is 1. The van der Waals surface area contributed by atoms with Crippen LogP contribution in [0.3, 0.4) is 0 Å². The normalized spacial score (nSPS) is 31.3. The molecule has 0 bridgehead atoms. The van der Waals surface area contributed by atoms with Gasteiger partial charge in [-0.3, -0.25) is 10.1 Å². The Morgan fingerprint density at radius 2 is 2.19 bits per heavy atom. The molecular weight excluding hydrogens is 286 g/mol. The molecule has 2 heterocycles. The van der Waals surface area contributed by atoms with Crippen LogP contribution in [0, 0.1) is 0 Å². The molecule has 1 aliphatic carbocycles. The molecule has 3 fully saturated rings. The lowest BCUT2D eigenvalue weighted by atomic mass is 10.1. The number of rotatable bonds is 2. The largest absolute Gasteiger partial charge is 0.317 e. The molecule has 1 amide bonds. The molecule has 2 unspecified atom stereocenters. The van der Waals surface area contributed by atoms with Gasteiger partial charge in [0.1, 0.15) is 11.7 Å². The fraction of sp³-hybridized carbons (Fsp3) is 0.562. The van der Waals surface area contributed by atoms with E-state index in [1.807, 2.05) is 18.2 Å². The Hall–Kier alpha value is -1.10. The second-order valence-corrected chi connectivity index (χ2v) is 7.04. The summed E-state index contributed by atoms with van der Waals surface area (Å²) in [4.78, 5) is 17.2. The monoisotopic (exact) mass is 305 g/mol. The molecule has 4 nitrogen and oxygen atoms in total. The summed E-state index contributed by atoms with van der Waals surface area (Å²) in [5, 5.41) is 4.30. The molecule has 1 saturated carbocycles. The van der Waals surface area contributed by atoms with E-state index in [0.717, 1.165) is 42.9 Å². The molecule has 1 aromatic carbocycles. The van der Waals surface area contributed by atoms with Crippen LogP contribution in [0.1, 0.15) is 31.0 Å². The van der Waals surface area contributed by atoms with Crippen molar-refractivity contribution in [2.45, 2.75) is 37.0 Å². The van der Waals surface area contributed by atoms with E-state index < -0.39 is 0 Å². The number of nitrogens with one attached hydrogen (secondary N) is 1. The van der Waals surface area contributed by atoms with Gasteiger partial charge < -0.3 is 9.80 Å². The molecule has 2 aliphatic heterocycles. The van der Waals surface area contributed by atoms with E-state index in [1.54, 1.807) is 0 Å². The van der Waals surface area contributed by atoms with Crippen molar-refractivity contribution in [1.82, 2.24) is 15.1 Å². The third-order valence-corrected chi connectivity index (χ3v) is 5.24. The fourth-order valence-corrected chi connectivity index (χ4v) is 3.88. The summed E-state index contributed by atoms with van der Waals surface area (Å²) >= 11 is 6.14. The first-order valence-corrected chi connectivity index (χ1v) is 8.01. The van der Waals surface area contributed by atoms with Crippen molar-refractivity contribution >= 4 is 17.5 Å². The molecule has 1 N–H and O–H groups in total. The van der Waals surface area contributed by atoms with Crippen molar-refractivity contribution < 1.29 is 4.79 Å². The molecular formula is C16H20ClN3O. The van der Waals surface area contributed by atoms with Gasteiger partial charge in [-0.15, -0.1) is 0 Å². The SMILES string of the molecule is CN1CCC(N2C(=O)C3(CC3)NC2c2cccc(Cl)c2)C1. The summed E-state index contributed by atoms with van der Waals surface area (Å²) in [6, 6.07) is 8.17. The fourth-order valence-electron chi connectivity index (χ4n) is 3.68. The van der Waals surface area contributed by atoms with Crippen molar-refractivity contribution in [3.05, 3.63) is 34.9 Å². The first kappa shape index (κ1) is 13.6. The number of likely N-dealkylation sites (N-methyl/N-ethyl adjacent to an activating group) is 1. The zero-order chi connectivity index (χ0) is 14.6. The highest BCUT2D eigenvalue weighted by Gasteiger charge is 2.60. The van der Waals surface area contributed by atoms with Gasteiger partial charge in [0.25, 0.3) is 0 Å². The molecule has 21 heavy (non-hydrogen) atoms. The quantitative estimate of drug-likeness (QED) is 0.908. The maximum absolute atomic E-state index is 12.9. The third-order valence-electron chi connectivity index (χ3n) is 5.01. The molecule has 0 aromatic heterocycles. The van der Waals surface area contributed by atoms with E-state index in [2.05, 4.69) is 28.2 Å². The molecule has 2 atom stereocenters. The van der Waals surface area contributed by atoms with Gasteiger partial charge in [-0.1, -0.05) is 23.7 Å². The number of hydrogen-bond donors (Lipinski definition) is 1. The zero-order valence-corrected chi connectivity index (χ0v) is 12.9. The molecule has 5 heteroatoms. The minimum absolute atomic E-state index is 0.0322. The number of carbonyl (C=O) groups is 1. The average molecular weight is 306 g/mol. The van der Waals surface area contributed by atoms with E-state index in [1.165, 1.54) is 0 Å². The lowest BCUT2D eigenvalue weighted by Crippen LogP contribution is -2.41. The molecule has 1 spiro atoms. The van der Waals surface area contributed by atoms with Gasteiger partial charge in [-0.05, 0) is 50.6 Å². The van der Waals surface area contributed by atoms with Crippen molar-refractivity contribution in [1.29, 1.82) is 0 Å². The van der Waals surface area contributed by atoms with Crippen LogP contribution in [-0.4, -0.2) is 47.4 Å². The summed E-state index contributed by atoms with van der Waals surface area (Å²) in [5.74, 6) is 0.285. The Morgan fingerprint density at radius 1 is 1.38 bits per heavy atom. The van der Waals surface area contributed by atoms with Crippen LogP contribution in [0.5, 0.6) is 0 Å². The summed E-state index contributed by atoms with van der Waals surface area (Å²) in [6.07, 6.45) is 2.94. The van der Waals surface area contributed by atoms with Crippen molar-refractivity contribution in [3.63, 3.8) is 0 Å². The first-order valence-electron chi connectivity index (χ1n) is 7.64. The lowest BCUT2D eigenvalue weighted by Gasteiger charge is -2.30. The van der Waals surface area contributed by atoms with Crippen LogP contribution in [0.2, 0.25) is 5.02 Å². The molecule has 2 saturated heterocycles.